The number of nitrogens with zero attached hydrogens (tertiary/aromatic N) is 3. The Kier molecular flexibility index (Phi) is 5.51. The summed E-state index contributed by atoms with van der Waals surface area (Å²) in [7, 11) is 2.07. The van der Waals surface area contributed by atoms with Gasteiger partial charge in [-0.05, 0) is 38.1 Å². The van der Waals surface area contributed by atoms with Crippen LogP contribution in [0.25, 0.3) is 0 Å². The minimum Gasteiger partial charge on any atom is -0.339 e. The molecule has 1 aromatic carbocycles. The Hall–Kier alpha value is -1.88. The summed E-state index contributed by atoms with van der Waals surface area (Å²) < 4.78 is 0. The third kappa shape index (κ3) is 3.96. The molecule has 1 aromatic rings. The van der Waals surface area contributed by atoms with Gasteiger partial charge in [0, 0.05) is 50.4 Å². The van der Waals surface area contributed by atoms with Gasteiger partial charge in [-0.1, -0.05) is 18.9 Å². The molecule has 0 aliphatic carbocycles. The van der Waals surface area contributed by atoms with E-state index < -0.39 is 0 Å². The largest absolute Gasteiger partial charge is 0.339 e. The van der Waals surface area contributed by atoms with Gasteiger partial charge in [0.1, 0.15) is 0 Å². The SMILES string of the molecule is CN1CCN(C(=O)c2cccc(C(=O)N3CCCCCC3)c2)CC1. The van der Waals surface area contributed by atoms with E-state index in [1.54, 1.807) is 6.07 Å². The van der Waals surface area contributed by atoms with Crippen LogP contribution in [0.2, 0.25) is 0 Å². The molecular formula is C19H27N3O2. The minimum absolute atomic E-state index is 0.0358. The lowest BCUT2D eigenvalue weighted by molar-refractivity contribution is 0.0664. The van der Waals surface area contributed by atoms with E-state index in [-0.39, 0.29) is 11.8 Å². The topological polar surface area (TPSA) is 43.9 Å². The summed E-state index contributed by atoms with van der Waals surface area (Å²) in [5.41, 5.74) is 1.26. The Morgan fingerprint density at radius 3 is 1.79 bits per heavy atom. The van der Waals surface area contributed by atoms with Gasteiger partial charge in [-0.3, -0.25) is 9.59 Å². The number of likely N-dealkylation sites (tertiary alicyclic amines) is 1. The molecule has 2 amide bonds. The molecule has 2 fully saturated rings. The summed E-state index contributed by atoms with van der Waals surface area (Å²) in [6.45, 7) is 4.96. The Morgan fingerprint density at radius 2 is 1.25 bits per heavy atom. The zero-order chi connectivity index (χ0) is 16.9. The zero-order valence-electron chi connectivity index (χ0n) is 14.5. The minimum atomic E-state index is 0.0358. The van der Waals surface area contributed by atoms with Gasteiger partial charge < -0.3 is 14.7 Å². The Balaban J connectivity index is 1.71. The zero-order valence-corrected chi connectivity index (χ0v) is 14.5. The van der Waals surface area contributed by atoms with E-state index in [1.165, 1.54) is 12.8 Å². The van der Waals surface area contributed by atoms with Gasteiger partial charge in [0.2, 0.25) is 0 Å². The molecule has 3 rings (SSSR count). The summed E-state index contributed by atoms with van der Waals surface area (Å²) in [4.78, 5) is 31.5. The van der Waals surface area contributed by atoms with Crippen LogP contribution in [-0.4, -0.2) is 72.8 Å². The molecule has 0 bridgehead atoms. The molecular weight excluding hydrogens is 302 g/mol. The maximum atomic E-state index is 12.7. The average molecular weight is 329 g/mol. The van der Waals surface area contributed by atoms with Crippen LogP contribution >= 0.6 is 0 Å². The highest BCUT2D eigenvalue weighted by molar-refractivity contribution is 5.99. The molecule has 0 spiro atoms. The van der Waals surface area contributed by atoms with Crippen LogP contribution in [0.1, 0.15) is 46.4 Å². The van der Waals surface area contributed by atoms with Gasteiger partial charge in [-0.25, -0.2) is 0 Å². The number of hydrogen-bond acceptors (Lipinski definition) is 3. The number of hydrogen-bond donors (Lipinski definition) is 0. The van der Waals surface area contributed by atoms with Gasteiger partial charge in [-0.2, -0.15) is 0 Å². The molecule has 0 saturated carbocycles. The first-order chi connectivity index (χ1) is 11.6. The third-order valence-electron chi connectivity index (χ3n) is 5.04. The lowest BCUT2D eigenvalue weighted by Crippen LogP contribution is -2.47. The fraction of sp³-hybridized carbons (Fsp3) is 0.579. The number of rotatable bonds is 2. The molecule has 0 unspecified atom stereocenters. The van der Waals surface area contributed by atoms with Crippen molar-refractivity contribution in [3.8, 4) is 0 Å². The molecule has 0 atom stereocenters. The maximum absolute atomic E-state index is 12.7. The van der Waals surface area contributed by atoms with E-state index in [0.717, 1.165) is 52.1 Å². The molecule has 2 heterocycles. The monoisotopic (exact) mass is 329 g/mol. The molecule has 5 heteroatoms. The molecule has 0 radical (unpaired) electrons. The van der Waals surface area contributed by atoms with E-state index in [2.05, 4.69) is 11.9 Å². The number of carbonyl (C=O) groups is 2. The van der Waals surface area contributed by atoms with E-state index in [9.17, 15) is 9.59 Å². The number of amides is 2. The van der Waals surface area contributed by atoms with Crippen LogP contribution in [0.3, 0.4) is 0 Å². The van der Waals surface area contributed by atoms with Crippen LogP contribution in [-0.2, 0) is 0 Å². The van der Waals surface area contributed by atoms with Gasteiger partial charge in [0.05, 0.1) is 0 Å². The maximum Gasteiger partial charge on any atom is 0.253 e. The van der Waals surface area contributed by atoms with Crippen molar-refractivity contribution in [1.82, 2.24) is 14.7 Å². The first-order valence-electron chi connectivity index (χ1n) is 9.02. The van der Waals surface area contributed by atoms with Crippen LogP contribution in [0.4, 0.5) is 0 Å². The number of benzene rings is 1. The normalized spacial score (nSPS) is 19.9. The number of piperazine rings is 1. The van der Waals surface area contributed by atoms with Crippen molar-refractivity contribution in [2.75, 3.05) is 46.3 Å². The highest BCUT2D eigenvalue weighted by Crippen LogP contribution is 2.16. The quantitative estimate of drug-likeness (QED) is 0.834. The Labute approximate surface area is 144 Å². The van der Waals surface area contributed by atoms with Crippen molar-refractivity contribution >= 4 is 11.8 Å². The Morgan fingerprint density at radius 1 is 0.750 bits per heavy atom. The lowest BCUT2D eigenvalue weighted by Gasteiger charge is -2.32. The van der Waals surface area contributed by atoms with Gasteiger partial charge >= 0.3 is 0 Å². The van der Waals surface area contributed by atoms with Gasteiger partial charge in [0.15, 0.2) is 0 Å². The molecule has 130 valence electrons. The molecule has 2 saturated heterocycles. The first kappa shape index (κ1) is 17.0. The van der Waals surface area contributed by atoms with E-state index in [0.29, 0.717) is 11.1 Å². The second-order valence-corrected chi connectivity index (χ2v) is 6.88. The van der Waals surface area contributed by atoms with Crippen LogP contribution in [0, 0.1) is 0 Å². The molecule has 0 aromatic heterocycles. The molecule has 24 heavy (non-hydrogen) atoms. The van der Waals surface area contributed by atoms with Crippen molar-refractivity contribution in [3.63, 3.8) is 0 Å². The van der Waals surface area contributed by atoms with E-state index in [4.69, 9.17) is 0 Å². The van der Waals surface area contributed by atoms with Crippen LogP contribution in [0.5, 0.6) is 0 Å². The van der Waals surface area contributed by atoms with Crippen LogP contribution < -0.4 is 0 Å². The molecule has 0 N–H and O–H groups in total. The smallest absolute Gasteiger partial charge is 0.253 e. The molecule has 2 aliphatic heterocycles. The second kappa shape index (κ2) is 7.79. The molecule has 2 aliphatic rings. The first-order valence-corrected chi connectivity index (χ1v) is 9.02. The van der Waals surface area contributed by atoms with Gasteiger partial charge in [-0.15, -0.1) is 0 Å². The highest BCUT2D eigenvalue weighted by atomic mass is 16.2. The van der Waals surface area contributed by atoms with Gasteiger partial charge in [0.25, 0.3) is 11.8 Å². The van der Waals surface area contributed by atoms with E-state index >= 15 is 0 Å². The summed E-state index contributed by atoms with van der Waals surface area (Å²) in [5.74, 6) is 0.0959. The molecule has 5 nitrogen and oxygen atoms in total. The summed E-state index contributed by atoms with van der Waals surface area (Å²) in [6.07, 6.45) is 4.55. The van der Waals surface area contributed by atoms with E-state index in [1.807, 2.05) is 28.0 Å². The standard InChI is InChI=1S/C19H27N3O2/c1-20-11-13-22(14-12-20)19(24)17-8-6-7-16(15-17)18(23)21-9-4-2-3-5-10-21/h6-8,15H,2-5,9-14H2,1H3. The van der Waals surface area contributed by atoms with Crippen molar-refractivity contribution in [2.24, 2.45) is 0 Å². The second-order valence-electron chi connectivity index (χ2n) is 6.88. The predicted molar refractivity (Wildman–Crippen MR) is 94.2 cm³/mol. The fourth-order valence-corrected chi connectivity index (χ4v) is 3.43. The lowest BCUT2D eigenvalue weighted by atomic mass is 10.1. The third-order valence-corrected chi connectivity index (χ3v) is 5.04. The summed E-state index contributed by atoms with van der Waals surface area (Å²) in [6, 6.07) is 7.25. The number of likely N-dealkylation sites (N-methyl/N-ethyl adjacent to an activating group) is 1. The van der Waals surface area contributed by atoms with Crippen molar-refractivity contribution in [1.29, 1.82) is 0 Å². The van der Waals surface area contributed by atoms with Crippen LogP contribution in [0.15, 0.2) is 24.3 Å². The highest BCUT2D eigenvalue weighted by Gasteiger charge is 2.22. The fourth-order valence-electron chi connectivity index (χ4n) is 3.43. The average Bonchev–Trinajstić information content (AvgIpc) is 2.90. The summed E-state index contributed by atoms with van der Waals surface area (Å²) in [5, 5.41) is 0. The van der Waals surface area contributed by atoms with Crippen molar-refractivity contribution in [3.05, 3.63) is 35.4 Å². The Bertz CT molecular complexity index is 586. The van der Waals surface area contributed by atoms with Crippen molar-refractivity contribution in [2.45, 2.75) is 25.7 Å². The predicted octanol–water partition coefficient (Wildman–Crippen LogP) is 2.09. The summed E-state index contributed by atoms with van der Waals surface area (Å²) >= 11 is 0. The number of carbonyl (C=O) groups excluding carboxylic acids is 2. The van der Waals surface area contributed by atoms with Crippen molar-refractivity contribution < 1.29 is 9.59 Å².